The Morgan fingerprint density at radius 2 is 1.84 bits per heavy atom. The van der Waals surface area contributed by atoms with Gasteiger partial charge >= 0.3 is 0 Å². The molecule has 0 saturated carbocycles. The molecule has 5 heteroatoms. The molecule has 2 rings (SSSR count). The number of thiocarbonyl (C=S) groups is 1. The first kappa shape index (κ1) is 14.2. The zero-order chi connectivity index (χ0) is 14.0. The minimum atomic E-state index is -0.585. The van der Waals surface area contributed by atoms with Crippen LogP contribution in [0.5, 0.6) is 0 Å². The van der Waals surface area contributed by atoms with E-state index in [1.54, 1.807) is 4.90 Å². The second-order valence-corrected chi connectivity index (χ2v) is 5.43. The number of benzene rings is 1. The van der Waals surface area contributed by atoms with Gasteiger partial charge in [0.15, 0.2) is 0 Å². The summed E-state index contributed by atoms with van der Waals surface area (Å²) in [6, 6.07) is 2.43. The standard InChI is InChI=1S/C14H18F2N2S/c1-2-9-3-5-18(6-4-9)13-11(15)7-10(14(17)19)8-12(13)16/h7-9H,2-6H2,1H3,(H2,17,19). The van der Waals surface area contributed by atoms with Gasteiger partial charge in [0.25, 0.3) is 0 Å². The Kier molecular flexibility index (Phi) is 4.34. The van der Waals surface area contributed by atoms with E-state index in [4.69, 9.17) is 18.0 Å². The molecule has 1 heterocycles. The van der Waals surface area contributed by atoms with Gasteiger partial charge in [-0.25, -0.2) is 8.78 Å². The smallest absolute Gasteiger partial charge is 0.150 e. The summed E-state index contributed by atoms with van der Waals surface area (Å²) < 4.78 is 28.1. The fourth-order valence-corrected chi connectivity index (χ4v) is 2.69. The molecule has 0 aromatic heterocycles. The molecule has 0 aliphatic carbocycles. The van der Waals surface area contributed by atoms with Crippen LogP contribution in [-0.4, -0.2) is 18.1 Å². The summed E-state index contributed by atoms with van der Waals surface area (Å²) in [5.41, 5.74) is 5.68. The van der Waals surface area contributed by atoms with Crippen molar-refractivity contribution < 1.29 is 8.78 Å². The highest BCUT2D eigenvalue weighted by molar-refractivity contribution is 7.80. The number of hydrogen-bond donors (Lipinski definition) is 1. The maximum atomic E-state index is 14.0. The Bertz CT molecular complexity index is 459. The van der Waals surface area contributed by atoms with Crippen LogP contribution in [0, 0.1) is 17.6 Å². The molecule has 19 heavy (non-hydrogen) atoms. The lowest BCUT2D eigenvalue weighted by atomic mass is 9.94. The average Bonchev–Trinajstić information content (AvgIpc) is 2.38. The Labute approximate surface area is 117 Å². The Balaban J connectivity index is 2.24. The van der Waals surface area contributed by atoms with Crippen molar-refractivity contribution >= 4 is 22.9 Å². The van der Waals surface area contributed by atoms with E-state index in [9.17, 15) is 8.78 Å². The molecular weight excluding hydrogens is 266 g/mol. The predicted octanol–water partition coefficient (Wildman–Crippen LogP) is 3.23. The van der Waals surface area contributed by atoms with Crippen molar-refractivity contribution in [1.29, 1.82) is 0 Å². The van der Waals surface area contributed by atoms with Gasteiger partial charge in [0, 0.05) is 18.7 Å². The van der Waals surface area contributed by atoms with Crippen LogP contribution in [0.4, 0.5) is 14.5 Å². The van der Waals surface area contributed by atoms with E-state index in [0.29, 0.717) is 19.0 Å². The number of nitrogens with two attached hydrogens (primary N) is 1. The van der Waals surface area contributed by atoms with E-state index in [1.807, 2.05) is 0 Å². The number of halogens is 2. The van der Waals surface area contributed by atoms with Crippen molar-refractivity contribution in [3.63, 3.8) is 0 Å². The molecule has 0 bridgehead atoms. The summed E-state index contributed by atoms with van der Waals surface area (Å²) in [5, 5.41) is 0. The number of nitrogens with zero attached hydrogens (tertiary/aromatic N) is 1. The van der Waals surface area contributed by atoms with Gasteiger partial charge in [-0.3, -0.25) is 0 Å². The van der Waals surface area contributed by atoms with Gasteiger partial charge in [-0.1, -0.05) is 25.6 Å². The third-order valence-corrected chi connectivity index (χ3v) is 4.05. The van der Waals surface area contributed by atoms with Crippen molar-refractivity contribution in [2.45, 2.75) is 26.2 Å². The third-order valence-electron chi connectivity index (χ3n) is 3.81. The van der Waals surface area contributed by atoms with E-state index in [-0.39, 0.29) is 16.2 Å². The van der Waals surface area contributed by atoms with Crippen molar-refractivity contribution in [2.75, 3.05) is 18.0 Å². The molecule has 0 radical (unpaired) electrons. The van der Waals surface area contributed by atoms with Crippen LogP contribution in [-0.2, 0) is 0 Å². The molecule has 0 spiro atoms. The molecule has 0 unspecified atom stereocenters. The van der Waals surface area contributed by atoms with E-state index < -0.39 is 11.6 Å². The van der Waals surface area contributed by atoms with Crippen molar-refractivity contribution in [3.8, 4) is 0 Å². The van der Waals surface area contributed by atoms with Gasteiger partial charge in [-0.15, -0.1) is 0 Å². The molecule has 1 aliphatic heterocycles. The fraction of sp³-hybridized carbons (Fsp3) is 0.500. The van der Waals surface area contributed by atoms with Crippen LogP contribution < -0.4 is 10.6 Å². The first-order valence-electron chi connectivity index (χ1n) is 6.56. The van der Waals surface area contributed by atoms with E-state index in [0.717, 1.165) is 19.3 Å². The molecular formula is C14H18F2N2S. The lowest BCUT2D eigenvalue weighted by Crippen LogP contribution is -2.34. The molecule has 1 aromatic rings. The summed E-state index contributed by atoms with van der Waals surface area (Å²) in [4.78, 5) is 1.79. The predicted molar refractivity (Wildman–Crippen MR) is 77.5 cm³/mol. The minimum absolute atomic E-state index is 0.00837. The zero-order valence-electron chi connectivity index (χ0n) is 11.0. The highest BCUT2D eigenvalue weighted by atomic mass is 32.1. The van der Waals surface area contributed by atoms with E-state index in [2.05, 4.69) is 6.92 Å². The van der Waals surface area contributed by atoms with Gasteiger partial charge in [-0.05, 0) is 30.9 Å². The average molecular weight is 284 g/mol. The van der Waals surface area contributed by atoms with Crippen molar-refractivity contribution in [2.24, 2.45) is 11.7 Å². The quantitative estimate of drug-likeness (QED) is 0.864. The lowest BCUT2D eigenvalue weighted by Gasteiger charge is -2.33. The number of hydrogen-bond acceptors (Lipinski definition) is 2. The Morgan fingerprint density at radius 1 is 1.32 bits per heavy atom. The SMILES string of the molecule is CCC1CCN(c2c(F)cc(C(N)=S)cc2F)CC1. The summed E-state index contributed by atoms with van der Waals surface area (Å²) in [5.74, 6) is -0.506. The molecule has 0 amide bonds. The summed E-state index contributed by atoms with van der Waals surface area (Å²) >= 11 is 4.74. The molecule has 0 atom stereocenters. The summed E-state index contributed by atoms with van der Waals surface area (Å²) in [6.07, 6.45) is 3.08. The van der Waals surface area contributed by atoms with Crippen LogP contribution in [0.3, 0.4) is 0 Å². The maximum absolute atomic E-state index is 14.0. The molecule has 1 aliphatic rings. The molecule has 1 aromatic carbocycles. The van der Waals surface area contributed by atoms with Gasteiger partial charge < -0.3 is 10.6 Å². The Morgan fingerprint density at radius 3 is 2.26 bits per heavy atom. The highest BCUT2D eigenvalue weighted by Gasteiger charge is 2.23. The normalized spacial score (nSPS) is 16.7. The zero-order valence-corrected chi connectivity index (χ0v) is 11.8. The first-order chi connectivity index (χ1) is 9.02. The third kappa shape index (κ3) is 3.03. The second kappa shape index (κ2) is 5.82. The summed E-state index contributed by atoms with van der Waals surface area (Å²) in [6.45, 7) is 3.54. The van der Waals surface area contributed by atoms with Gasteiger partial charge in [0.05, 0.1) is 0 Å². The highest BCUT2D eigenvalue weighted by Crippen LogP contribution is 2.30. The van der Waals surface area contributed by atoms with Gasteiger partial charge in [0.1, 0.15) is 22.3 Å². The van der Waals surface area contributed by atoms with Crippen molar-refractivity contribution in [3.05, 3.63) is 29.3 Å². The summed E-state index contributed by atoms with van der Waals surface area (Å²) in [7, 11) is 0. The monoisotopic (exact) mass is 284 g/mol. The minimum Gasteiger partial charge on any atom is -0.389 e. The van der Waals surface area contributed by atoms with Crippen LogP contribution >= 0.6 is 12.2 Å². The first-order valence-corrected chi connectivity index (χ1v) is 6.97. The van der Waals surface area contributed by atoms with Gasteiger partial charge in [-0.2, -0.15) is 0 Å². The molecule has 2 N–H and O–H groups in total. The topological polar surface area (TPSA) is 29.3 Å². The molecule has 1 fully saturated rings. The number of piperidine rings is 1. The second-order valence-electron chi connectivity index (χ2n) is 4.99. The van der Waals surface area contributed by atoms with Crippen LogP contribution in [0.1, 0.15) is 31.7 Å². The van der Waals surface area contributed by atoms with E-state index >= 15 is 0 Å². The lowest BCUT2D eigenvalue weighted by molar-refractivity contribution is 0.389. The van der Waals surface area contributed by atoms with Crippen molar-refractivity contribution in [1.82, 2.24) is 0 Å². The molecule has 1 saturated heterocycles. The molecule has 104 valence electrons. The number of anilines is 1. The Hall–Kier alpha value is -1.23. The van der Waals surface area contributed by atoms with Crippen LogP contribution in [0.2, 0.25) is 0 Å². The number of rotatable bonds is 3. The largest absolute Gasteiger partial charge is 0.389 e. The fourth-order valence-electron chi connectivity index (χ4n) is 2.57. The van der Waals surface area contributed by atoms with Gasteiger partial charge in [0.2, 0.25) is 0 Å². The maximum Gasteiger partial charge on any atom is 0.150 e. The van der Waals surface area contributed by atoms with Crippen LogP contribution in [0.25, 0.3) is 0 Å². The van der Waals surface area contributed by atoms with E-state index in [1.165, 1.54) is 12.1 Å². The molecule has 2 nitrogen and oxygen atoms in total. The van der Waals surface area contributed by atoms with Crippen LogP contribution in [0.15, 0.2) is 12.1 Å².